The van der Waals surface area contributed by atoms with Gasteiger partial charge in [-0.2, -0.15) is 0 Å². The Kier molecular flexibility index (Phi) is 4.71. The number of nitrogens with zero attached hydrogens (tertiary/aromatic N) is 1. The van der Waals surface area contributed by atoms with Crippen LogP contribution >= 0.6 is 0 Å². The third-order valence-corrected chi connectivity index (χ3v) is 5.63. The third kappa shape index (κ3) is 3.09. The minimum absolute atomic E-state index is 0.0978. The fourth-order valence-electron chi connectivity index (χ4n) is 4.51. The lowest BCUT2D eigenvalue weighted by atomic mass is 10.00. The average Bonchev–Trinajstić information content (AvgIpc) is 3.23. The molecule has 0 bridgehead atoms. The number of anilines is 1. The number of rotatable bonds is 3. The number of nitrogens with one attached hydrogen (secondary N) is 2. The molecule has 1 fully saturated rings. The van der Waals surface area contributed by atoms with E-state index in [0.717, 1.165) is 48.7 Å². The Morgan fingerprint density at radius 3 is 2.93 bits per heavy atom. The van der Waals surface area contributed by atoms with Crippen LogP contribution in [0.2, 0.25) is 0 Å². The minimum Gasteiger partial charge on any atom is -0.367 e. The van der Waals surface area contributed by atoms with Crippen LogP contribution in [0.1, 0.15) is 47.8 Å². The van der Waals surface area contributed by atoms with Gasteiger partial charge in [0, 0.05) is 30.2 Å². The highest BCUT2D eigenvalue weighted by molar-refractivity contribution is 6.10. The van der Waals surface area contributed by atoms with Crippen LogP contribution in [-0.2, 0) is 17.6 Å². The Balaban J connectivity index is 1.77. The number of aromatic amines is 1. The number of amides is 2. The highest BCUT2D eigenvalue weighted by atomic mass is 19.1. The fraction of sp³-hybridized carbons (Fsp3) is 0.429. The number of aryl methyl sites for hydroxylation is 2. The molecule has 2 amide bonds. The normalized spacial score (nSPS) is 18.5. The number of hydrogen-bond donors (Lipinski definition) is 3. The molecule has 1 aliphatic heterocycles. The number of hydrogen-bond acceptors (Lipinski definition) is 3. The van der Waals surface area contributed by atoms with E-state index in [0.29, 0.717) is 24.3 Å². The van der Waals surface area contributed by atoms with Gasteiger partial charge in [-0.3, -0.25) is 9.59 Å². The van der Waals surface area contributed by atoms with E-state index in [2.05, 4.69) is 22.1 Å². The predicted molar refractivity (Wildman–Crippen MR) is 106 cm³/mol. The van der Waals surface area contributed by atoms with Crippen LogP contribution in [0.15, 0.2) is 6.07 Å². The SMILES string of the molecule is CC#CC(=O)NC1CCCN(c2c(F)cc(C(N)=O)c3[nH]c4c(c23)CCC4)C1. The zero-order chi connectivity index (χ0) is 19.8. The molecule has 4 N–H and O–H groups in total. The Hall–Kier alpha value is -3.01. The highest BCUT2D eigenvalue weighted by Gasteiger charge is 2.30. The van der Waals surface area contributed by atoms with Crippen LogP contribution in [0.3, 0.4) is 0 Å². The molecule has 0 spiro atoms. The maximum absolute atomic E-state index is 15.2. The zero-order valence-electron chi connectivity index (χ0n) is 15.8. The summed E-state index contributed by atoms with van der Waals surface area (Å²) in [6.45, 7) is 2.80. The maximum Gasteiger partial charge on any atom is 0.296 e. The molecule has 7 heteroatoms. The standard InChI is InChI=1S/C21H23FN4O2/c1-2-5-17(27)24-12-6-4-9-26(11-12)20-15(22)10-14(21(23)28)19-18(20)13-7-3-8-16(13)25-19/h10,12,25H,3-4,6-9,11H2,1H3,(H2,23,28)(H,24,27). The van der Waals surface area contributed by atoms with Gasteiger partial charge in [-0.25, -0.2) is 4.39 Å². The topological polar surface area (TPSA) is 91.2 Å². The summed E-state index contributed by atoms with van der Waals surface area (Å²) in [5, 5.41) is 3.67. The zero-order valence-corrected chi connectivity index (χ0v) is 15.8. The third-order valence-electron chi connectivity index (χ3n) is 5.63. The molecule has 2 heterocycles. The molecule has 1 atom stereocenters. The van der Waals surface area contributed by atoms with E-state index in [1.165, 1.54) is 6.07 Å². The van der Waals surface area contributed by atoms with Gasteiger partial charge in [0.25, 0.3) is 11.8 Å². The Labute approximate surface area is 162 Å². The number of fused-ring (bicyclic) bond motifs is 3. The van der Waals surface area contributed by atoms with Crippen molar-refractivity contribution in [2.45, 2.75) is 45.1 Å². The summed E-state index contributed by atoms with van der Waals surface area (Å²) in [6.07, 6.45) is 4.40. The van der Waals surface area contributed by atoms with Gasteiger partial charge in [0.2, 0.25) is 0 Å². The highest BCUT2D eigenvalue weighted by Crippen LogP contribution is 2.40. The molecular weight excluding hydrogens is 359 g/mol. The van der Waals surface area contributed by atoms with Gasteiger partial charge in [0.15, 0.2) is 0 Å². The van der Waals surface area contributed by atoms with E-state index in [-0.39, 0.29) is 17.5 Å². The van der Waals surface area contributed by atoms with Crippen LogP contribution in [0.5, 0.6) is 0 Å². The summed E-state index contributed by atoms with van der Waals surface area (Å²) in [5.41, 5.74) is 8.95. The number of halogens is 1. The van der Waals surface area contributed by atoms with Crippen LogP contribution in [0, 0.1) is 17.7 Å². The van der Waals surface area contributed by atoms with Gasteiger partial charge in [0.1, 0.15) is 5.82 Å². The predicted octanol–water partition coefficient (Wildman–Crippen LogP) is 2.00. The van der Waals surface area contributed by atoms with Crippen LogP contribution in [-0.4, -0.2) is 35.9 Å². The second-order valence-corrected chi connectivity index (χ2v) is 7.44. The molecule has 1 saturated heterocycles. The fourth-order valence-corrected chi connectivity index (χ4v) is 4.51. The summed E-state index contributed by atoms with van der Waals surface area (Å²) in [6, 6.07) is 1.13. The molecule has 1 aromatic heterocycles. The van der Waals surface area contributed by atoms with E-state index in [9.17, 15) is 9.59 Å². The number of carbonyl (C=O) groups is 2. The molecule has 6 nitrogen and oxygen atoms in total. The lowest BCUT2D eigenvalue weighted by Gasteiger charge is -2.35. The summed E-state index contributed by atoms with van der Waals surface area (Å²) in [5.74, 6) is 3.68. The monoisotopic (exact) mass is 382 g/mol. The van der Waals surface area contributed by atoms with Crippen molar-refractivity contribution in [3.8, 4) is 11.8 Å². The number of nitrogens with two attached hydrogens (primary N) is 1. The van der Waals surface area contributed by atoms with Crippen molar-refractivity contribution < 1.29 is 14.0 Å². The number of benzene rings is 1. The lowest BCUT2D eigenvalue weighted by molar-refractivity contribution is -0.116. The van der Waals surface area contributed by atoms with Crippen molar-refractivity contribution in [3.05, 3.63) is 28.7 Å². The van der Waals surface area contributed by atoms with Gasteiger partial charge in [-0.05, 0) is 56.6 Å². The smallest absolute Gasteiger partial charge is 0.296 e. The molecule has 1 aliphatic carbocycles. The number of piperidine rings is 1. The molecule has 4 rings (SSSR count). The Bertz CT molecular complexity index is 1030. The van der Waals surface area contributed by atoms with Crippen molar-refractivity contribution in [1.29, 1.82) is 0 Å². The molecule has 0 radical (unpaired) electrons. The van der Waals surface area contributed by atoms with Crippen molar-refractivity contribution >= 4 is 28.4 Å². The molecule has 1 unspecified atom stereocenters. The Morgan fingerprint density at radius 2 is 2.18 bits per heavy atom. The maximum atomic E-state index is 15.2. The second-order valence-electron chi connectivity index (χ2n) is 7.44. The number of primary amides is 1. The molecule has 0 saturated carbocycles. The number of carbonyl (C=O) groups excluding carboxylic acids is 2. The van der Waals surface area contributed by atoms with Gasteiger partial charge in [-0.15, -0.1) is 0 Å². The molecule has 2 aliphatic rings. The summed E-state index contributed by atoms with van der Waals surface area (Å²) < 4.78 is 15.2. The molecule has 2 aromatic rings. The first-order valence-corrected chi connectivity index (χ1v) is 9.63. The summed E-state index contributed by atoms with van der Waals surface area (Å²) in [4.78, 5) is 29.0. The molecule has 146 valence electrons. The van der Waals surface area contributed by atoms with Crippen LogP contribution in [0.25, 0.3) is 10.9 Å². The van der Waals surface area contributed by atoms with E-state index >= 15 is 4.39 Å². The number of aromatic nitrogens is 1. The van der Waals surface area contributed by atoms with Crippen molar-refractivity contribution in [2.24, 2.45) is 5.73 Å². The van der Waals surface area contributed by atoms with E-state index in [1.807, 2.05) is 4.90 Å². The molecular formula is C21H23FN4O2. The first-order valence-electron chi connectivity index (χ1n) is 9.63. The summed E-state index contributed by atoms with van der Waals surface area (Å²) >= 11 is 0. The average molecular weight is 382 g/mol. The van der Waals surface area contributed by atoms with Crippen LogP contribution < -0.4 is 16.0 Å². The molecule has 28 heavy (non-hydrogen) atoms. The van der Waals surface area contributed by atoms with Gasteiger partial charge >= 0.3 is 0 Å². The Morgan fingerprint density at radius 1 is 1.36 bits per heavy atom. The van der Waals surface area contributed by atoms with Gasteiger partial charge in [0.05, 0.1) is 16.8 Å². The van der Waals surface area contributed by atoms with Crippen molar-refractivity contribution in [2.75, 3.05) is 18.0 Å². The van der Waals surface area contributed by atoms with Gasteiger partial charge < -0.3 is 20.9 Å². The lowest BCUT2D eigenvalue weighted by Crippen LogP contribution is -2.47. The van der Waals surface area contributed by atoms with Crippen molar-refractivity contribution in [1.82, 2.24) is 10.3 Å². The largest absolute Gasteiger partial charge is 0.367 e. The minimum atomic E-state index is -0.641. The van der Waals surface area contributed by atoms with Crippen molar-refractivity contribution in [3.63, 3.8) is 0 Å². The first-order chi connectivity index (χ1) is 13.5. The molecule has 1 aromatic carbocycles. The van der Waals surface area contributed by atoms with E-state index in [4.69, 9.17) is 5.73 Å². The second kappa shape index (κ2) is 7.19. The van der Waals surface area contributed by atoms with Gasteiger partial charge in [-0.1, -0.05) is 5.92 Å². The van der Waals surface area contributed by atoms with Crippen LogP contribution in [0.4, 0.5) is 10.1 Å². The first kappa shape index (κ1) is 18.4. The number of H-pyrrole nitrogens is 1. The summed E-state index contributed by atoms with van der Waals surface area (Å²) in [7, 11) is 0. The van der Waals surface area contributed by atoms with E-state index < -0.39 is 11.7 Å². The van der Waals surface area contributed by atoms with E-state index in [1.54, 1.807) is 6.92 Å². The quantitative estimate of drug-likeness (QED) is 0.709.